The second-order valence-corrected chi connectivity index (χ2v) is 5.48. The highest BCUT2D eigenvalue weighted by atomic mass is 31.2. The summed E-state index contributed by atoms with van der Waals surface area (Å²) in [6.45, 7) is 2.15. The van der Waals surface area contributed by atoms with Crippen molar-refractivity contribution in [2.24, 2.45) is 5.92 Å². The standard InChI is InChI=1S/C8H17BNO5P/c1-5-7(10-16(11,12)14-3)6(4-13-2)15-8(5)9/h5-8H,4H2,1-3H3,(H2,10,11,12)/t5-,6+,7?,8+/m0/s1. The normalized spacial score (nSPS) is 38.5. The minimum absolute atomic E-state index is 0.101. The van der Waals surface area contributed by atoms with Gasteiger partial charge in [-0.25, -0.2) is 9.65 Å². The Kier molecular flexibility index (Phi) is 4.97. The van der Waals surface area contributed by atoms with Gasteiger partial charge in [-0.15, -0.1) is 0 Å². The molecule has 16 heavy (non-hydrogen) atoms. The fourth-order valence-electron chi connectivity index (χ4n) is 1.70. The predicted molar refractivity (Wildman–Crippen MR) is 59.2 cm³/mol. The number of hydrogen-bond acceptors (Lipinski definition) is 4. The number of methoxy groups -OCH3 is 1. The lowest BCUT2D eigenvalue weighted by Gasteiger charge is -2.23. The Morgan fingerprint density at radius 2 is 2.19 bits per heavy atom. The van der Waals surface area contributed by atoms with Crippen molar-refractivity contribution in [2.45, 2.75) is 25.1 Å². The van der Waals surface area contributed by atoms with Crippen LogP contribution in [0.25, 0.3) is 0 Å². The zero-order valence-corrected chi connectivity index (χ0v) is 10.5. The molecule has 5 atom stereocenters. The van der Waals surface area contributed by atoms with Gasteiger partial charge in [0.15, 0.2) is 0 Å². The van der Waals surface area contributed by atoms with E-state index in [2.05, 4.69) is 9.61 Å². The zero-order valence-electron chi connectivity index (χ0n) is 9.62. The summed E-state index contributed by atoms with van der Waals surface area (Å²) < 4.78 is 26.3. The van der Waals surface area contributed by atoms with E-state index in [9.17, 15) is 9.46 Å². The van der Waals surface area contributed by atoms with Crippen molar-refractivity contribution in [1.82, 2.24) is 5.09 Å². The molecule has 6 nitrogen and oxygen atoms in total. The summed E-state index contributed by atoms with van der Waals surface area (Å²) in [5, 5.41) is 2.52. The maximum Gasteiger partial charge on any atom is 0.403 e. The monoisotopic (exact) mass is 249 g/mol. The molecule has 8 heteroatoms. The molecule has 0 aromatic heterocycles. The Balaban J connectivity index is 2.70. The van der Waals surface area contributed by atoms with Gasteiger partial charge in [0.1, 0.15) is 7.85 Å². The van der Waals surface area contributed by atoms with Gasteiger partial charge in [0.05, 0.1) is 18.8 Å². The van der Waals surface area contributed by atoms with E-state index in [4.69, 9.17) is 17.3 Å². The lowest BCUT2D eigenvalue weighted by atomic mass is 9.85. The maximum atomic E-state index is 11.4. The van der Waals surface area contributed by atoms with E-state index in [0.717, 1.165) is 0 Å². The average molecular weight is 249 g/mol. The largest absolute Gasteiger partial charge is 0.403 e. The Morgan fingerprint density at radius 1 is 1.56 bits per heavy atom. The lowest BCUT2D eigenvalue weighted by molar-refractivity contribution is 0.0166. The Bertz CT molecular complexity index is 279. The molecule has 1 saturated heterocycles. The zero-order chi connectivity index (χ0) is 12.3. The van der Waals surface area contributed by atoms with Crippen molar-refractivity contribution in [1.29, 1.82) is 0 Å². The van der Waals surface area contributed by atoms with Gasteiger partial charge in [-0.3, -0.25) is 0 Å². The van der Waals surface area contributed by atoms with Crippen LogP contribution in [0, 0.1) is 5.92 Å². The van der Waals surface area contributed by atoms with Gasteiger partial charge in [0.25, 0.3) is 0 Å². The van der Waals surface area contributed by atoms with Crippen molar-refractivity contribution in [2.75, 3.05) is 20.8 Å². The third-order valence-electron chi connectivity index (χ3n) is 2.71. The number of ether oxygens (including phenoxy) is 2. The third-order valence-corrected chi connectivity index (χ3v) is 3.83. The molecular weight excluding hydrogens is 232 g/mol. The minimum atomic E-state index is -3.79. The quantitative estimate of drug-likeness (QED) is 0.522. The molecule has 1 aliphatic rings. The predicted octanol–water partition coefficient (Wildman–Crippen LogP) is -0.133. The van der Waals surface area contributed by atoms with Gasteiger partial charge in [-0.2, -0.15) is 0 Å². The molecule has 1 aliphatic heterocycles. The van der Waals surface area contributed by atoms with E-state index in [1.165, 1.54) is 14.2 Å². The molecule has 1 rings (SSSR count). The van der Waals surface area contributed by atoms with E-state index >= 15 is 0 Å². The van der Waals surface area contributed by atoms with Crippen LogP contribution in [0.3, 0.4) is 0 Å². The van der Waals surface area contributed by atoms with Crippen LogP contribution in [0.1, 0.15) is 6.92 Å². The molecule has 0 saturated carbocycles. The summed E-state index contributed by atoms with van der Waals surface area (Å²) in [5.74, 6) is -0.101. The van der Waals surface area contributed by atoms with Crippen molar-refractivity contribution < 1.29 is 23.5 Å². The van der Waals surface area contributed by atoms with Crippen LogP contribution in [-0.4, -0.2) is 51.7 Å². The van der Waals surface area contributed by atoms with Crippen molar-refractivity contribution in [3.05, 3.63) is 0 Å². The Hall–Kier alpha value is 0.0949. The minimum Gasteiger partial charge on any atom is -0.382 e. The molecule has 2 unspecified atom stereocenters. The molecule has 0 aromatic rings. The fourth-order valence-corrected chi connectivity index (χ4v) is 2.59. The number of nitrogens with one attached hydrogen (secondary N) is 1. The van der Waals surface area contributed by atoms with Crippen molar-refractivity contribution in [3.8, 4) is 0 Å². The van der Waals surface area contributed by atoms with E-state index in [1.54, 1.807) is 0 Å². The van der Waals surface area contributed by atoms with Gasteiger partial charge in [-0.05, 0) is 5.92 Å². The van der Waals surface area contributed by atoms with Crippen LogP contribution in [0.15, 0.2) is 0 Å². The van der Waals surface area contributed by atoms with Crippen LogP contribution in [0.2, 0.25) is 0 Å². The fraction of sp³-hybridized carbons (Fsp3) is 1.00. The summed E-state index contributed by atoms with van der Waals surface area (Å²) in [7, 11) is 4.63. The molecule has 2 N–H and O–H groups in total. The summed E-state index contributed by atoms with van der Waals surface area (Å²) in [4.78, 5) is 9.36. The van der Waals surface area contributed by atoms with Crippen LogP contribution < -0.4 is 5.09 Å². The molecule has 0 amide bonds. The van der Waals surface area contributed by atoms with Gasteiger partial charge >= 0.3 is 7.75 Å². The highest BCUT2D eigenvalue weighted by molar-refractivity contribution is 7.50. The van der Waals surface area contributed by atoms with E-state index < -0.39 is 13.7 Å². The highest BCUT2D eigenvalue weighted by Gasteiger charge is 2.42. The molecule has 0 spiro atoms. The summed E-state index contributed by atoms with van der Waals surface area (Å²) >= 11 is 0. The molecule has 0 bridgehead atoms. The van der Waals surface area contributed by atoms with Crippen molar-refractivity contribution in [3.63, 3.8) is 0 Å². The van der Waals surface area contributed by atoms with E-state index in [0.29, 0.717) is 6.61 Å². The van der Waals surface area contributed by atoms with Gasteiger partial charge < -0.3 is 18.9 Å². The van der Waals surface area contributed by atoms with E-state index in [1.807, 2.05) is 6.92 Å². The SMILES string of the molecule is [B][C@@H]1O[C@H](COC)C(NP(=O)(O)OC)[C@@H]1C. The van der Waals surface area contributed by atoms with Gasteiger partial charge in [0, 0.05) is 20.2 Å². The third kappa shape index (κ3) is 3.29. The lowest BCUT2D eigenvalue weighted by Crippen LogP contribution is -2.41. The summed E-state index contributed by atoms with van der Waals surface area (Å²) in [5.41, 5.74) is 0. The van der Waals surface area contributed by atoms with Crippen LogP contribution in [-0.2, 0) is 18.6 Å². The van der Waals surface area contributed by atoms with Gasteiger partial charge in [-0.1, -0.05) is 6.92 Å². The van der Waals surface area contributed by atoms with E-state index in [-0.39, 0.29) is 18.1 Å². The molecule has 2 radical (unpaired) electrons. The molecule has 92 valence electrons. The smallest absolute Gasteiger partial charge is 0.382 e. The van der Waals surface area contributed by atoms with Crippen LogP contribution >= 0.6 is 7.75 Å². The second kappa shape index (κ2) is 5.62. The highest BCUT2D eigenvalue weighted by Crippen LogP contribution is 2.40. The Labute approximate surface area is 96.6 Å². The first-order valence-corrected chi connectivity index (χ1v) is 6.55. The summed E-state index contributed by atoms with van der Waals surface area (Å²) in [6, 6.07) is -0.847. The molecular formula is C8H17BNO5P. The van der Waals surface area contributed by atoms with Crippen LogP contribution in [0.4, 0.5) is 0 Å². The van der Waals surface area contributed by atoms with Gasteiger partial charge in [0.2, 0.25) is 0 Å². The first-order chi connectivity index (χ1) is 7.41. The molecule has 0 aromatic carbocycles. The average Bonchev–Trinajstić information content (AvgIpc) is 2.47. The molecule has 1 heterocycles. The first kappa shape index (κ1) is 14.2. The second-order valence-electron chi connectivity index (χ2n) is 3.81. The topological polar surface area (TPSA) is 77.0 Å². The Morgan fingerprint density at radius 3 is 2.69 bits per heavy atom. The number of hydrogen-bond donors (Lipinski definition) is 2. The maximum absolute atomic E-state index is 11.4. The molecule has 1 fully saturated rings. The molecule has 0 aliphatic carbocycles. The van der Waals surface area contributed by atoms with Crippen molar-refractivity contribution >= 4 is 15.6 Å². The first-order valence-electron chi connectivity index (χ1n) is 4.97. The summed E-state index contributed by atoms with van der Waals surface area (Å²) in [6.07, 6.45) is -0.356. The number of rotatable bonds is 5. The van der Waals surface area contributed by atoms with Crippen LogP contribution in [0.5, 0.6) is 0 Å².